The van der Waals surface area contributed by atoms with Crippen LogP contribution in [-0.4, -0.2) is 0 Å². The Hall–Kier alpha value is -0.830. The van der Waals surface area contributed by atoms with Crippen molar-refractivity contribution in [2.24, 2.45) is 10.8 Å². The van der Waals surface area contributed by atoms with Crippen LogP contribution in [0, 0.1) is 10.8 Å². The van der Waals surface area contributed by atoms with Crippen molar-refractivity contribution in [1.29, 1.82) is 0 Å². The second-order valence-corrected chi connectivity index (χ2v) is 14.9. The zero-order valence-corrected chi connectivity index (χ0v) is 24.6. The van der Waals surface area contributed by atoms with Crippen LogP contribution in [0.5, 0.6) is 0 Å². The Morgan fingerprint density at radius 2 is 1.06 bits per heavy atom. The lowest BCUT2D eigenvalue weighted by Crippen LogP contribution is -3.00. The molecule has 178 valence electrons. The minimum atomic E-state index is 0. The van der Waals surface area contributed by atoms with Crippen LogP contribution in [0.4, 0.5) is 0 Å². The summed E-state index contributed by atoms with van der Waals surface area (Å²) in [4.78, 5) is 5.74. The molecule has 2 heterocycles. The van der Waals surface area contributed by atoms with E-state index in [1.165, 1.54) is 30.7 Å². The molecule has 1 aliphatic heterocycles. The molecule has 0 radical (unpaired) electrons. The first-order valence-corrected chi connectivity index (χ1v) is 13.0. The van der Waals surface area contributed by atoms with E-state index in [9.17, 15) is 0 Å². The van der Waals surface area contributed by atoms with Gasteiger partial charge in [0.1, 0.15) is 0 Å². The van der Waals surface area contributed by atoms with Gasteiger partial charge in [-0.05, 0) is 43.9 Å². The van der Waals surface area contributed by atoms with E-state index in [0.29, 0.717) is 0 Å². The predicted octanol–water partition coefficient (Wildman–Crippen LogP) is 7.17. The minimum Gasteiger partial charge on any atom is -1.00 e. The summed E-state index contributed by atoms with van der Waals surface area (Å²) in [6.45, 7) is 27.6. The molecule has 3 heteroatoms. The summed E-state index contributed by atoms with van der Waals surface area (Å²) in [5.74, 6) is 0. The highest BCUT2D eigenvalue weighted by Gasteiger charge is 2.31. The van der Waals surface area contributed by atoms with E-state index in [1.54, 1.807) is 0 Å². The SMILES string of the molecule is CC(C)(C)C1=CC(=C/C=C/c2cc(C(C)(C)C)[s+]c(C(C)(C)C)c2)C=C(C(C)(C)C)S1.[Cl-]. The molecule has 2 rings (SSSR count). The van der Waals surface area contributed by atoms with Crippen LogP contribution in [0.2, 0.25) is 0 Å². The van der Waals surface area contributed by atoms with Crippen molar-refractivity contribution in [2.45, 2.75) is 93.9 Å². The normalized spacial score (nSPS) is 15.9. The topological polar surface area (TPSA) is 0 Å². The fraction of sp³-hybridized carbons (Fsp3) is 0.552. The van der Waals surface area contributed by atoms with Gasteiger partial charge in [-0.2, -0.15) is 0 Å². The zero-order chi connectivity index (χ0) is 23.8. The van der Waals surface area contributed by atoms with Crippen molar-refractivity contribution in [3.8, 4) is 0 Å². The van der Waals surface area contributed by atoms with Crippen LogP contribution in [-0.2, 0) is 10.8 Å². The van der Waals surface area contributed by atoms with Gasteiger partial charge >= 0.3 is 0 Å². The molecule has 0 spiro atoms. The Morgan fingerprint density at radius 3 is 1.41 bits per heavy atom. The second-order valence-electron chi connectivity index (χ2n) is 12.8. The summed E-state index contributed by atoms with van der Waals surface area (Å²) in [5.41, 5.74) is 3.20. The monoisotopic (exact) mass is 490 g/mol. The average molecular weight is 491 g/mol. The summed E-state index contributed by atoms with van der Waals surface area (Å²) in [5, 5.41) is 0. The lowest BCUT2D eigenvalue weighted by atomic mass is 9.91. The van der Waals surface area contributed by atoms with E-state index in [-0.39, 0.29) is 34.1 Å². The third-order valence-electron chi connectivity index (χ3n) is 5.17. The van der Waals surface area contributed by atoms with Gasteiger partial charge in [-0.3, -0.25) is 0 Å². The molecule has 0 bridgehead atoms. The summed E-state index contributed by atoms with van der Waals surface area (Å²) in [6, 6.07) is 4.72. The van der Waals surface area contributed by atoms with Gasteiger partial charge in [0.2, 0.25) is 21.1 Å². The third kappa shape index (κ3) is 8.19. The van der Waals surface area contributed by atoms with Crippen LogP contribution in [0.3, 0.4) is 0 Å². The largest absolute Gasteiger partial charge is 1.00 e. The summed E-state index contributed by atoms with van der Waals surface area (Å²) in [7, 11) is 0. The summed E-state index contributed by atoms with van der Waals surface area (Å²) >= 11 is 3.89. The number of hydrogen-bond acceptors (Lipinski definition) is 1. The van der Waals surface area contributed by atoms with E-state index >= 15 is 0 Å². The average Bonchev–Trinajstić information content (AvgIpc) is 2.58. The number of allylic oxidation sites excluding steroid dienone is 7. The highest BCUT2D eigenvalue weighted by atomic mass is 35.5. The van der Waals surface area contributed by atoms with Gasteiger partial charge in [-0.1, -0.05) is 113 Å². The number of thioether (sulfide) groups is 1. The van der Waals surface area contributed by atoms with E-state index in [1.807, 2.05) is 23.1 Å². The molecular weight excluding hydrogens is 448 g/mol. The Bertz CT molecular complexity index is 867. The molecule has 0 saturated carbocycles. The molecule has 0 amide bonds. The maximum Gasteiger partial charge on any atom is 0.219 e. The van der Waals surface area contributed by atoms with Gasteiger partial charge < -0.3 is 12.4 Å². The summed E-state index contributed by atoms with van der Waals surface area (Å²) < 4.78 is 0. The standard InChI is InChI=1S/C29H43S2.ClH/c1-26(2,3)22-16-20(17-23(30-22)27(4,5)6)14-13-15-21-18-24(28(7,8)9)31-25(19-21)29(10,11)12;/h13-19H,1-12H3;1H/q+1;/p-1. The van der Waals surface area contributed by atoms with Crippen LogP contribution in [0.25, 0.3) is 6.08 Å². The van der Waals surface area contributed by atoms with E-state index < -0.39 is 0 Å². The Balaban J connectivity index is 0.00000512. The van der Waals surface area contributed by atoms with Crippen molar-refractivity contribution >= 4 is 29.2 Å². The molecule has 0 aliphatic carbocycles. The maximum absolute atomic E-state index is 2.36. The van der Waals surface area contributed by atoms with Crippen LogP contribution in [0.15, 0.2) is 51.8 Å². The molecule has 0 saturated heterocycles. The van der Waals surface area contributed by atoms with Crippen LogP contribution in [0.1, 0.15) is 98.4 Å². The van der Waals surface area contributed by atoms with Gasteiger partial charge in [-0.15, -0.1) is 0 Å². The fourth-order valence-corrected chi connectivity index (χ4v) is 5.46. The van der Waals surface area contributed by atoms with E-state index in [2.05, 4.69) is 126 Å². The quantitative estimate of drug-likeness (QED) is 0.396. The Morgan fingerprint density at radius 1 is 0.656 bits per heavy atom. The highest BCUT2D eigenvalue weighted by molar-refractivity contribution is 8.06. The van der Waals surface area contributed by atoms with Crippen molar-refractivity contribution in [1.82, 2.24) is 0 Å². The molecule has 0 aromatic carbocycles. The molecule has 1 aromatic rings. The smallest absolute Gasteiger partial charge is 0.219 e. The number of halogens is 1. The third-order valence-corrected chi connectivity index (χ3v) is 8.97. The maximum atomic E-state index is 2.36. The lowest BCUT2D eigenvalue weighted by Gasteiger charge is -2.31. The zero-order valence-electron chi connectivity index (χ0n) is 22.2. The summed E-state index contributed by atoms with van der Waals surface area (Å²) in [6.07, 6.45) is 11.5. The van der Waals surface area contributed by atoms with Gasteiger partial charge in [-0.25, -0.2) is 0 Å². The van der Waals surface area contributed by atoms with Crippen molar-refractivity contribution < 1.29 is 12.4 Å². The first-order valence-electron chi connectivity index (χ1n) is 11.4. The molecule has 1 aromatic heterocycles. The van der Waals surface area contributed by atoms with Crippen LogP contribution >= 0.6 is 23.1 Å². The predicted molar refractivity (Wildman–Crippen MR) is 146 cm³/mol. The van der Waals surface area contributed by atoms with Gasteiger partial charge in [0.05, 0.1) is 0 Å². The number of rotatable bonds is 2. The van der Waals surface area contributed by atoms with Crippen molar-refractivity contribution in [3.63, 3.8) is 0 Å². The second kappa shape index (κ2) is 10.2. The van der Waals surface area contributed by atoms with Crippen LogP contribution < -0.4 is 12.4 Å². The number of hydrogen-bond donors (Lipinski definition) is 0. The van der Waals surface area contributed by atoms with Crippen molar-refractivity contribution in [3.05, 3.63) is 67.1 Å². The van der Waals surface area contributed by atoms with E-state index in [0.717, 1.165) is 0 Å². The molecular formula is C29H43ClS2. The first-order chi connectivity index (χ1) is 13.9. The van der Waals surface area contributed by atoms with Gasteiger partial charge in [0.15, 0.2) is 0 Å². The Kier molecular flexibility index (Phi) is 9.31. The van der Waals surface area contributed by atoms with Crippen molar-refractivity contribution in [2.75, 3.05) is 0 Å². The molecule has 1 aliphatic rings. The highest BCUT2D eigenvalue weighted by Crippen LogP contribution is 2.48. The Labute approximate surface area is 212 Å². The molecule has 32 heavy (non-hydrogen) atoms. The minimum absolute atomic E-state index is 0. The van der Waals surface area contributed by atoms with Gasteiger partial charge in [0.25, 0.3) is 0 Å². The first kappa shape index (κ1) is 29.2. The lowest BCUT2D eigenvalue weighted by molar-refractivity contribution is -0.00000814. The molecule has 0 unspecified atom stereocenters. The molecule has 0 nitrogen and oxygen atoms in total. The molecule has 0 N–H and O–H groups in total. The van der Waals surface area contributed by atoms with Gasteiger partial charge in [0, 0.05) is 23.0 Å². The fourth-order valence-electron chi connectivity index (χ4n) is 2.98. The molecule has 0 atom stereocenters. The van der Waals surface area contributed by atoms with E-state index in [4.69, 9.17) is 0 Å². The molecule has 0 fully saturated rings.